The second kappa shape index (κ2) is 7.27. The zero-order valence-corrected chi connectivity index (χ0v) is 13.5. The number of H-pyrrole nitrogens is 1. The number of unbranched alkanes of at least 4 members (excludes halogenated alkanes) is 4. The van der Waals surface area contributed by atoms with Crippen molar-refractivity contribution in [3.63, 3.8) is 0 Å². The van der Waals surface area contributed by atoms with Crippen molar-refractivity contribution in [1.29, 1.82) is 0 Å². The lowest BCUT2D eigenvalue weighted by Crippen LogP contribution is -1.89. The molecule has 0 saturated heterocycles. The van der Waals surface area contributed by atoms with Crippen molar-refractivity contribution in [2.24, 2.45) is 0 Å². The van der Waals surface area contributed by atoms with Gasteiger partial charge in [-0.05, 0) is 36.6 Å². The molecule has 0 radical (unpaired) electrons. The number of aromatic nitrogens is 3. The topological polar surface area (TPSA) is 61.8 Å². The molecule has 1 aromatic heterocycles. The van der Waals surface area contributed by atoms with Gasteiger partial charge in [0, 0.05) is 11.1 Å². The van der Waals surface area contributed by atoms with Crippen LogP contribution in [0.25, 0.3) is 22.2 Å². The van der Waals surface area contributed by atoms with Gasteiger partial charge in [-0.2, -0.15) is 0 Å². The summed E-state index contributed by atoms with van der Waals surface area (Å²) in [5.74, 6) is 0.287. The molecule has 4 nitrogen and oxygen atoms in total. The highest BCUT2D eigenvalue weighted by molar-refractivity contribution is 5.93. The van der Waals surface area contributed by atoms with Crippen molar-refractivity contribution in [3.8, 4) is 16.9 Å². The molecular weight excluding hydrogens is 286 g/mol. The standard InChI is InChI=1S/C19H23N3O/c1-2-3-4-5-6-8-14-11-12-18(23)16(13-14)15-9-7-10-17-19(15)21-22-20-17/h7,9-13,23H,2-6,8H2,1H3,(H,20,21,22). The fourth-order valence-electron chi connectivity index (χ4n) is 2.97. The molecule has 0 unspecified atom stereocenters. The van der Waals surface area contributed by atoms with Crippen LogP contribution in [-0.2, 0) is 6.42 Å². The third-order valence-corrected chi connectivity index (χ3v) is 4.28. The Bertz CT molecular complexity index is 779. The van der Waals surface area contributed by atoms with E-state index >= 15 is 0 Å². The second-order valence-corrected chi connectivity index (χ2v) is 6.03. The molecule has 3 aromatic rings. The fraction of sp³-hybridized carbons (Fsp3) is 0.368. The Morgan fingerprint density at radius 3 is 2.74 bits per heavy atom. The molecule has 2 aromatic carbocycles. The summed E-state index contributed by atoms with van der Waals surface area (Å²) in [4.78, 5) is 0. The maximum atomic E-state index is 10.3. The van der Waals surface area contributed by atoms with Crippen molar-refractivity contribution in [2.45, 2.75) is 45.4 Å². The Labute approximate surface area is 136 Å². The SMILES string of the molecule is CCCCCCCc1ccc(O)c(-c2cccc3[nH]nnc23)c1. The molecule has 0 aliphatic heterocycles. The Balaban J connectivity index is 1.82. The zero-order chi connectivity index (χ0) is 16.1. The molecule has 1 heterocycles. The number of phenols is 1. The number of benzene rings is 2. The monoisotopic (exact) mass is 309 g/mol. The van der Waals surface area contributed by atoms with Crippen LogP contribution in [0.15, 0.2) is 36.4 Å². The molecule has 0 spiro atoms. The van der Waals surface area contributed by atoms with Crippen LogP contribution in [0.3, 0.4) is 0 Å². The number of nitrogens with zero attached hydrogens (tertiary/aromatic N) is 2. The number of fused-ring (bicyclic) bond motifs is 1. The van der Waals surface area contributed by atoms with Crippen LogP contribution in [-0.4, -0.2) is 20.5 Å². The molecule has 0 amide bonds. The lowest BCUT2D eigenvalue weighted by molar-refractivity contribution is 0.477. The lowest BCUT2D eigenvalue weighted by atomic mass is 9.98. The summed E-state index contributed by atoms with van der Waals surface area (Å²) in [5, 5.41) is 21.1. The summed E-state index contributed by atoms with van der Waals surface area (Å²) in [6.45, 7) is 2.23. The van der Waals surface area contributed by atoms with Crippen molar-refractivity contribution < 1.29 is 5.11 Å². The molecule has 2 N–H and O–H groups in total. The highest BCUT2D eigenvalue weighted by Gasteiger charge is 2.11. The second-order valence-electron chi connectivity index (χ2n) is 6.03. The summed E-state index contributed by atoms with van der Waals surface area (Å²) in [6, 6.07) is 11.8. The van der Waals surface area contributed by atoms with Gasteiger partial charge in [-0.15, -0.1) is 5.10 Å². The van der Waals surface area contributed by atoms with Crippen LogP contribution in [0.1, 0.15) is 44.6 Å². The van der Waals surface area contributed by atoms with Gasteiger partial charge in [0.05, 0.1) is 5.52 Å². The van der Waals surface area contributed by atoms with Crippen LogP contribution >= 0.6 is 0 Å². The number of hydrogen-bond donors (Lipinski definition) is 2. The van der Waals surface area contributed by atoms with Gasteiger partial charge < -0.3 is 5.11 Å². The molecule has 4 heteroatoms. The van der Waals surface area contributed by atoms with E-state index in [-0.39, 0.29) is 5.75 Å². The zero-order valence-electron chi connectivity index (χ0n) is 13.5. The minimum Gasteiger partial charge on any atom is -0.507 e. The molecule has 0 atom stereocenters. The van der Waals surface area contributed by atoms with Gasteiger partial charge in [-0.25, -0.2) is 0 Å². The van der Waals surface area contributed by atoms with E-state index in [9.17, 15) is 5.11 Å². The van der Waals surface area contributed by atoms with Crippen molar-refractivity contribution in [3.05, 3.63) is 42.0 Å². The van der Waals surface area contributed by atoms with Crippen molar-refractivity contribution in [1.82, 2.24) is 15.4 Å². The van der Waals surface area contributed by atoms with Gasteiger partial charge >= 0.3 is 0 Å². The first-order chi connectivity index (χ1) is 11.3. The first kappa shape index (κ1) is 15.5. The molecule has 0 saturated carbocycles. The predicted molar refractivity (Wildman–Crippen MR) is 93.5 cm³/mol. The van der Waals surface area contributed by atoms with Gasteiger partial charge in [0.2, 0.25) is 0 Å². The Kier molecular flexibility index (Phi) is 4.91. The number of aromatic amines is 1. The van der Waals surface area contributed by atoms with E-state index in [1.807, 2.05) is 24.3 Å². The minimum absolute atomic E-state index is 0.287. The largest absolute Gasteiger partial charge is 0.507 e. The van der Waals surface area contributed by atoms with E-state index in [2.05, 4.69) is 28.4 Å². The molecule has 23 heavy (non-hydrogen) atoms. The summed E-state index contributed by atoms with van der Waals surface area (Å²) in [7, 11) is 0. The first-order valence-electron chi connectivity index (χ1n) is 8.41. The van der Waals surface area contributed by atoms with Gasteiger partial charge in [0.25, 0.3) is 0 Å². The molecule has 0 fully saturated rings. The van der Waals surface area contributed by atoms with Crippen LogP contribution < -0.4 is 0 Å². The van der Waals surface area contributed by atoms with Crippen molar-refractivity contribution in [2.75, 3.05) is 0 Å². The Morgan fingerprint density at radius 2 is 1.87 bits per heavy atom. The van der Waals surface area contributed by atoms with Gasteiger partial charge in [0.1, 0.15) is 11.3 Å². The van der Waals surface area contributed by atoms with E-state index < -0.39 is 0 Å². The van der Waals surface area contributed by atoms with Crippen molar-refractivity contribution >= 4 is 11.0 Å². The highest BCUT2D eigenvalue weighted by Crippen LogP contribution is 2.34. The number of hydrogen-bond acceptors (Lipinski definition) is 3. The van der Waals surface area contributed by atoms with E-state index in [0.29, 0.717) is 0 Å². The summed E-state index contributed by atoms with van der Waals surface area (Å²) < 4.78 is 0. The highest BCUT2D eigenvalue weighted by atomic mass is 16.3. The lowest BCUT2D eigenvalue weighted by Gasteiger charge is -2.09. The first-order valence-corrected chi connectivity index (χ1v) is 8.41. The minimum atomic E-state index is 0.287. The van der Waals surface area contributed by atoms with E-state index in [4.69, 9.17) is 0 Å². The maximum absolute atomic E-state index is 10.3. The summed E-state index contributed by atoms with van der Waals surface area (Å²) >= 11 is 0. The van der Waals surface area contributed by atoms with Crippen LogP contribution in [0.4, 0.5) is 0 Å². The summed E-state index contributed by atoms with van der Waals surface area (Å²) in [5.41, 5.74) is 4.68. The third-order valence-electron chi connectivity index (χ3n) is 4.28. The molecule has 0 bridgehead atoms. The predicted octanol–water partition coefficient (Wildman–Crippen LogP) is 4.84. The van der Waals surface area contributed by atoms with Gasteiger partial charge in [-0.3, -0.25) is 5.10 Å². The molecular formula is C19H23N3O. The normalized spacial score (nSPS) is 11.2. The van der Waals surface area contributed by atoms with E-state index in [1.165, 1.54) is 37.7 Å². The number of aryl methyl sites for hydroxylation is 1. The number of rotatable bonds is 7. The summed E-state index contributed by atoms with van der Waals surface area (Å²) in [6.07, 6.45) is 7.40. The molecule has 0 aliphatic rings. The Morgan fingerprint density at radius 1 is 1.00 bits per heavy atom. The molecule has 120 valence electrons. The van der Waals surface area contributed by atoms with Crippen LogP contribution in [0, 0.1) is 0 Å². The van der Waals surface area contributed by atoms with E-state index in [1.54, 1.807) is 6.07 Å². The van der Waals surface area contributed by atoms with E-state index in [0.717, 1.165) is 28.6 Å². The fourth-order valence-corrected chi connectivity index (χ4v) is 2.97. The van der Waals surface area contributed by atoms with Crippen LogP contribution in [0.2, 0.25) is 0 Å². The Hall–Kier alpha value is -2.36. The van der Waals surface area contributed by atoms with Gasteiger partial charge in [-0.1, -0.05) is 56.0 Å². The molecule has 0 aliphatic carbocycles. The van der Waals surface area contributed by atoms with Gasteiger partial charge in [0.15, 0.2) is 0 Å². The van der Waals surface area contributed by atoms with Crippen LogP contribution in [0.5, 0.6) is 5.75 Å². The maximum Gasteiger partial charge on any atom is 0.123 e. The smallest absolute Gasteiger partial charge is 0.123 e. The third kappa shape index (κ3) is 3.52. The average Bonchev–Trinajstić information content (AvgIpc) is 3.05. The quantitative estimate of drug-likeness (QED) is 0.614. The molecule has 3 rings (SSSR count). The average molecular weight is 309 g/mol. The number of phenolic OH excluding ortho intramolecular Hbond substituents is 1. The number of nitrogens with one attached hydrogen (secondary N) is 1. The number of aromatic hydroxyl groups is 1.